The van der Waals surface area contributed by atoms with E-state index in [9.17, 15) is 18.3 Å². The number of phenolic OH excluding ortho intramolecular Hbond substituents is 1. The summed E-state index contributed by atoms with van der Waals surface area (Å²) in [5.41, 5.74) is 1.67. The average molecular weight is 449 g/mol. The zero-order valence-electron chi connectivity index (χ0n) is 17.1. The molecule has 1 aliphatic rings. The van der Waals surface area contributed by atoms with E-state index in [0.29, 0.717) is 29.2 Å². The predicted octanol–water partition coefficient (Wildman–Crippen LogP) is 4.16. The molecule has 162 valence electrons. The second-order valence-corrected chi connectivity index (χ2v) is 8.56. The van der Waals surface area contributed by atoms with Crippen molar-refractivity contribution in [1.29, 1.82) is 0 Å². The maximum atomic E-state index is 13.0. The highest BCUT2D eigenvalue weighted by atomic mass is 32.2. The van der Waals surface area contributed by atoms with Crippen molar-refractivity contribution in [1.82, 2.24) is 0 Å². The highest BCUT2D eigenvalue weighted by Gasteiger charge is 2.26. The van der Waals surface area contributed by atoms with E-state index in [2.05, 4.69) is 9.71 Å². The zero-order valence-corrected chi connectivity index (χ0v) is 18.0. The van der Waals surface area contributed by atoms with E-state index in [4.69, 9.17) is 4.74 Å². The molecular weight excluding hydrogens is 428 g/mol. The molecule has 0 saturated carbocycles. The number of rotatable bonds is 6. The first kappa shape index (κ1) is 21.3. The summed E-state index contributed by atoms with van der Waals surface area (Å²) < 4.78 is 35.3. The molecule has 0 heterocycles. The number of hydrogen-bond donors (Lipinski definition) is 2. The maximum Gasteiger partial charge on any atom is 0.282 e. The maximum absolute atomic E-state index is 13.0. The van der Waals surface area contributed by atoms with Crippen molar-refractivity contribution in [2.24, 2.45) is 4.40 Å². The molecule has 0 unspecified atom stereocenters. The van der Waals surface area contributed by atoms with Gasteiger partial charge in [-0.3, -0.25) is 4.79 Å². The molecule has 0 aliphatic heterocycles. The minimum atomic E-state index is -4.04. The van der Waals surface area contributed by atoms with Crippen LogP contribution >= 0.6 is 0 Å². The summed E-state index contributed by atoms with van der Waals surface area (Å²) >= 11 is 0. The summed E-state index contributed by atoms with van der Waals surface area (Å²) in [5, 5.41) is 12.5. The van der Waals surface area contributed by atoms with Gasteiger partial charge >= 0.3 is 0 Å². The number of benzene rings is 3. The smallest absolute Gasteiger partial charge is 0.282 e. The molecule has 0 atom stereocenters. The number of hydrogen-bond acceptors (Lipinski definition) is 6. The van der Waals surface area contributed by atoms with E-state index in [0.717, 1.165) is 0 Å². The molecule has 32 heavy (non-hydrogen) atoms. The predicted molar refractivity (Wildman–Crippen MR) is 122 cm³/mol. The summed E-state index contributed by atoms with van der Waals surface area (Å²) in [6.45, 7) is 2.31. The molecule has 3 aromatic rings. The number of phenols is 1. The first-order valence-corrected chi connectivity index (χ1v) is 11.3. The van der Waals surface area contributed by atoms with Crippen LogP contribution in [-0.2, 0) is 10.0 Å². The molecule has 0 fully saturated rings. The standard InChI is InChI=1S/C24H20N2O5S/c1-2-31-18-11-13-19(14-12-18)32(29,30)26-22-15-23(25-16-7-9-17(27)10-8-16)24(28)21-6-4-3-5-20(21)22/h3-15,25,27H,2H2,1H3. The summed E-state index contributed by atoms with van der Waals surface area (Å²) in [6, 6.07) is 18.9. The molecule has 0 amide bonds. The van der Waals surface area contributed by atoms with Crippen molar-refractivity contribution >= 4 is 27.2 Å². The van der Waals surface area contributed by atoms with Crippen LogP contribution in [0.5, 0.6) is 11.5 Å². The van der Waals surface area contributed by atoms with Crippen LogP contribution in [0.1, 0.15) is 22.8 Å². The summed E-state index contributed by atoms with van der Waals surface area (Å²) in [6.07, 6.45) is 1.42. The first-order chi connectivity index (χ1) is 15.4. The third-order valence-corrected chi connectivity index (χ3v) is 6.08. The Kier molecular flexibility index (Phi) is 5.79. The van der Waals surface area contributed by atoms with Crippen LogP contribution in [0.25, 0.3) is 0 Å². The van der Waals surface area contributed by atoms with E-state index >= 15 is 0 Å². The van der Waals surface area contributed by atoms with Gasteiger partial charge in [0.05, 0.1) is 22.9 Å². The van der Waals surface area contributed by atoms with Gasteiger partial charge in [0.25, 0.3) is 10.0 Å². The van der Waals surface area contributed by atoms with Gasteiger partial charge in [0, 0.05) is 16.8 Å². The molecule has 0 aromatic heterocycles. The second kappa shape index (κ2) is 8.68. The van der Waals surface area contributed by atoms with Gasteiger partial charge in [-0.2, -0.15) is 12.8 Å². The third kappa shape index (κ3) is 4.40. The lowest BCUT2D eigenvalue weighted by Gasteiger charge is -2.18. The normalized spacial score (nSPS) is 14.6. The molecule has 0 saturated heterocycles. The second-order valence-electron chi connectivity index (χ2n) is 6.96. The fraction of sp³-hybridized carbons (Fsp3) is 0.0833. The van der Waals surface area contributed by atoms with E-state index in [1.54, 1.807) is 48.5 Å². The molecule has 0 spiro atoms. The Labute approximate surface area is 185 Å². The van der Waals surface area contributed by atoms with Crippen LogP contribution < -0.4 is 10.1 Å². The lowest BCUT2D eigenvalue weighted by Crippen LogP contribution is -2.22. The van der Waals surface area contributed by atoms with Gasteiger partial charge in [-0.15, -0.1) is 0 Å². The Morgan fingerprint density at radius 2 is 1.59 bits per heavy atom. The lowest BCUT2D eigenvalue weighted by atomic mass is 9.92. The van der Waals surface area contributed by atoms with Crippen LogP contribution in [0.2, 0.25) is 0 Å². The minimum Gasteiger partial charge on any atom is -0.508 e. The number of ketones is 1. The largest absolute Gasteiger partial charge is 0.508 e. The van der Waals surface area contributed by atoms with E-state index in [1.165, 1.54) is 30.3 Å². The Hall–Kier alpha value is -3.91. The topological polar surface area (TPSA) is 105 Å². The van der Waals surface area contributed by atoms with Gasteiger partial charge in [-0.05, 0) is 61.5 Å². The number of allylic oxidation sites excluding steroid dienone is 2. The number of anilines is 1. The van der Waals surface area contributed by atoms with Crippen LogP contribution in [-0.4, -0.2) is 31.6 Å². The monoisotopic (exact) mass is 448 g/mol. The van der Waals surface area contributed by atoms with Gasteiger partial charge in [0.1, 0.15) is 11.5 Å². The zero-order chi connectivity index (χ0) is 22.7. The van der Waals surface area contributed by atoms with Crippen LogP contribution in [0.3, 0.4) is 0 Å². The first-order valence-electron chi connectivity index (χ1n) is 9.87. The van der Waals surface area contributed by atoms with Crippen LogP contribution in [0.15, 0.2) is 93.9 Å². The van der Waals surface area contributed by atoms with E-state index in [-0.39, 0.29) is 27.8 Å². The molecule has 8 heteroatoms. The number of nitrogens with zero attached hydrogens (tertiary/aromatic N) is 1. The van der Waals surface area contributed by atoms with Crippen LogP contribution in [0.4, 0.5) is 5.69 Å². The van der Waals surface area contributed by atoms with Gasteiger partial charge in [-0.25, -0.2) is 0 Å². The minimum absolute atomic E-state index is 0.0178. The third-order valence-electron chi connectivity index (χ3n) is 4.77. The number of aromatic hydroxyl groups is 1. The van der Waals surface area contributed by atoms with Crippen molar-refractivity contribution in [3.05, 3.63) is 95.7 Å². The number of carbonyl (C=O) groups is 1. The molecule has 7 nitrogen and oxygen atoms in total. The fourth-order valence-corrected chi connectivity index (χ4v) is 4.25. The highest BCUT2D eigenvalue weighted by molar-refractivity contribution is 7.90. The van der Waals surface area contributed by atoms with Gasteiger partial charge in [-0.1, -0.05) is 24.3 Å². The lowest BCUT2D eigenvalue weighted by molar-refractivity contribution is 0.103. The Morgan fingerprint density at radius 3 is 2.25 bits per heavy atom. The van der Waals surface area contributed by atoms with Crippen molar-refractivity contribution in [3.63, 3.8) is 0 Å². The Balaban J connectivity index is 1.75. The molecule has 0 bridgehead atoms. The number of nitrogens with one attached hydrogen (secondary N) is 1. The number of fused-ring (bicyclic) bond motifs is 1. The quantitative estimate of drug-likeness (QED) is 0.549. The summed E-state index contributed by atoms with van der Waals surface area (Å²) in [4.78, 5) is 13.0. The molecular formula is C24H20N2O5S. The van der Waals surface area contributed by atoms with Gasteiger partial charge in [0.2, 0.25) is 5.78 Å². The van der Waals surface area contributed by atoms with Crippen molar-refractivity contribution in [2.45, 2.75) is 11.8 Å². The van der Waals surface area contributed by atoms with Gasteiger partial charge < -0.3 is 15.2 Å². The van der Waals surface area contributed by atoms with E-state index in [1.807, 2.05) is 6.92 Å². The SMILES string of the molecule is CCOc1ccc(S(=O)(=O)N=C2C=C(Nc3ccc(O)cc3)C(=O)c3ccccc32)cc1. The number of Topliss-reactive ketones (excluding diaryl/α,β-unsaturated/α-hetero) is 1. The van der Waals surface area contributed by atoms with Crippen molar-refractivity contribution in [2.75, 3.05) is 11.9 Å². The van der Waals surface area contributed by atoms with Crippen LogP contribution in [0, 0.1) is 0 Å². The number of carbonyl (C=O) groups excluding carboxylic acids is 1. The summed E-state index contributed by atoms with van der Waals surface area (Å²) in [7, 11) is -4.04. The number of sulfonamides is 1. The molecule has 1 aliphatic carbocycles. The molecule has 0 radical (unpaired) electrons. The summed E-state index contributed by atoms with van der Waals surface area (Å²) in [5.74, 6) is 0.368. The molecule has 2 N–H and O–H groups in total. The fourth-order valence-electron chi connectivity index (χ4n) is 3.25. The Bertz CT molecular complexity index is 1330. The van der Waals surface area contributed by atoms with Crippen molar-refractivity contribution in [3.8, 4) is 11.5 Å². The Morgan fingerprint density at radius 1 is 0.938 bits per heavy atom. The highest BCUT2D eigenvalue weighted by Crippen LogP contribution is 2.26. The van der Waals surface area contributed by atoms with Crippen molar-refractivity contribution < 1.29 is 23.1 Å². The molecule has 3 aromatic carbocycles. The van der Waals surface area contributed by atoms with E-state index < -0.39 is 10.0 Å². The number of ether oxygens (including phenoxy) is 1. The molecule has 4 rings (SSSR count). The van der Waals surface area contributed by atoms with Gasteiger partial charge in [0.15, 0.2) is 0 Å². The average Bonchev–Trinajstić information content (AvgIpc) is 2.79.